The Bertz CT molecular complexity index is 3060. The van der Waals surface area contributed by atoms with Crippen LogP contribution in [-0.4, -0.2) is 0 Å². The molecule has 0 spiro atoms. The number of nitrogens with zero attached hydrogens (tertiary/aromatic N) is 3. The van der Waals surface area contributed by atoms with Crippen LogP contribution in [0.25, 0.3) is 33.4 Å². The van der Waals surface area contributed by atoms with E-state index >= 15 is 0 Å². The molecule has 0 aliphatic carbocycles. The number of rotatable bonds is 8. The fraction of sp³-hybridized carbons (Fsp3) is 0. The molecule has 2 aliphatic heterocycles. The van der Waals surface area contributed by atoms with E-state index in [0.717, 1.165) is 39.6 Å². The molecule has 3 nitrogen and oxygen atoms in total. The standard InChI is InChI=1S/C60H41N3S2/c1-2-14-42(15-3-1)43-28-34-48(35-29-43)61(49-36-30-44(31-37-49)46-16-12-18-51(40-46)62-53-20-4-8-24-57(53)64-58-25-9-5-21-54(58)62)50-38-32-45(33-39-50)47-17-13-19-52(41-47)63-55-22-6-10-26-59(55)65-60-27-11-7-23-56(60)63/h1-41H. The molecule has 10 aromatic rings. The van der Waals surface area contributed by atoms with Crippen molar-refractivity contribution in [3.63, 3.8) is 0 Å². The zero-order valence-electron chi connectivity index (χ0n) is 35.3. The maximum Gasteiger partial charge on any atom is 0.0601 e. The number of hydrogen-bond donors (Lipinski definition) is 0. The van der Waals surface area contributed by atoms with Gasteiger partial charge < -0.3 is 14.7 Å². The molecule has 10 aromatic carbocycles. The molecule has 5 heteroatoms. The second kappa shape index (κ2) is 16.8. The molecule has 0 saturated carbocycles. The Morgan fingerprint density at radius 1 is 0.246 bits per heavy atom. The van der Waals surface area contributed by atoms with Crippen molar-refractivity contribution in [2.24, 2.45) is 0 Å². The smallest absolute Gasteiger partial charge is 0.0601 e. The topological polar surface area (TPSA) is 9.72 Å². The third-order valence-corrected chi connectivity index (χ3v) is 14.5. The van der Waals surface area contributed by atoms with Gasteiger partial charge in [0.15, 0.2) is 0 Å². The van der Waals surface area contributed by atoms with Gasteiger partial charge in [-0.1, -0.05) is 163 Å². The Morgan fingerprint density at radius 2 is 0.538 bits per heavy atom. The summed E-state index contributed by atoms with van der Waals surface area (Å²) in [5, 5.41) is 0. The summed E-state index contributed by atoms with van der Waals surface area (Å²) in [7, 11) is 0. The zero-order chi connectivity index (χ0) is 43.1. The summed E-state index contributed by atoms with van der Waals surface area (Å²) in [4.78, 5) is 12.2. The van der Waals surface area contributed by atoms with Crippen molar-refractivity contribution in [2.75, 3.05) is 14.7 Å². The van der Waals surface area contributed by atoms with Gasteiger partial charge in [-0.3, -0.25) is 0 Å². The highest BCUT2D eigenvalue weighted by molar-refractivity contribution is 8.00. The number of fused-ring (bicyclic) bond motifs is 4. The quantitative estimate of drug-likeness (QED) is 0.150. The minimum Gasteiger partial charge on any atom is -0.311 e. The first-order valence-corrected chi connectivity index (χ1v) is 23.5. The minimum atomic E-state index is 1.09. The summed E-state index contributed by atoms with van der Waals surface area (Å²) in [6, 6.07) is 90.1. The van der Waals surface area contributed by atoms with E-state index in [2.05, 4.69) is 263 Å². The fourth-order valence-corrected chi connectivity index (χ4v) is 11.2. The summed E-state index contributed by atoms with van der Waals surface area (Å²) in [5.41, 5.74) is 17.4. The normalized spacial score (nSPS) is 12.4. The Morgan fingerprint density at radius 3 is 0.908 bits per heavy atom. The van der Waals surface area contributed by atoms with Gasteiger partial charge >= 0.3 is 0 Å². The van der Waals surface area contributed by atoms with Crippen molar-refractivity contribution in [1.29, 1.82) is 0 Å². The maximum atomic E-state index is 2.39. The van der Waals surface area contributed by atoms with Gasteiger partial charge in [0.1, 0.15) is 0 Å². The van der Waals surface area contributed by atoms with Crippen molar-refractivity contribution < 1.29 is 0 Å². The average molecular weight is 868 g/mol. The summed E-state index contributed by atoms with van der Waals surface area (Å²) < 4.78 is 0. The van der Waals surface area contributed by atoms with Crippen LogP contribution in [0.1, 0.15) is 0 Å². The largest absolute Gasteiger partial charge is 0.311 e. The van der Waals surface area contributed by atoms with E-state index in [9.17, 15) is 0 Å². The van der Waals surface area contributed by atoms with Gasteiger partial charge in [-0.25, -0.2) is 0 Å². The highest BCUT2D eigenvalue weighted by Crippen LogP contribution is 2.53. The Kier molecular flexibility index (Phi) is 10.0. The van der Waals surface area contributed by atoms with Gasteiger partial charge in [0.25, 0.3) is 0 Å². The molecule has 0 radical (unpaired) electrons. The molecule has 65 heavy (non-hydrogen) atoms. The van der Waals surface area contributed by atoms with Crippen molar-refractivity contribution in [3.05, 3.63) is 249 Å². The van der Waals surface area contributed by atoms with E-state index in [1.807, 2.05) is 23.5 Å². The first-order chi connectivity index (χ1) is 32.2. The molecule has 308 valence electrons. The Hall–Kier alpha value is -7.70. The van der Waals surface area contributed by atoms with Gasteiger partial charge in [-0.15, -0.1) is 0 Å². The number of para-hydroxylation sites is 4. The van der Waals surface area contributed by atoms with E-state index in [4.69, 9.17) is 0 Å². The average Bonchev–Trinajstić information content (AvgIpc) is 3.38. The lowest BCUT2D eigenvalue weighted by molar-refractivity contribution is 1.17. The van der Waals surface area contributed by atoms with E-state index in [1.54, 1.807) is 0 Å². The number of benzene rings is 10. The molecule has 0 atom stereocenters. The first kappa shape index (κ1) is 38.9. The third-order valence-electron chi connectivity index (χ3n) is 12.2. The summed E-state index contributed by atoms with van der Waals surface area (Å²) in [6.07, 6.45) is 0. The molecule has 0 N–H and O–H groups in total. The van der Waals surface area contributed by atoms with Crippen LogP contribution in [0.4, 0.5) is 51.2 Å². The Balaban J connectivity index is 0.886. The number of hydrogen-bond acceptors (Lipinski definition) is 5. The van der Waals surface area contributed by atoms with Gasteiger partial charge in [0.2, 0.25) is 0 Å². The summed E-state index contributed by atoms with van der Waals surface area (Å²) in [5.74, 6) is 0. The molecule has 0 aromatic heterocycles. The molecular weight excluding hydrogens is 827 g/mol. The molecule has 0 unspecified atom stereocenters. The lowest BCUT2D eigenvalue weighted by atomic mass is 10.0. The third kappa shape index (κ3) is 7.35. The maximum absolute atomic E-state index is 2.39. The molecule has 2 heterocycles. The van der Waals surface area contributed by atoms with E-state index in [1.165, 1.54) is 64.6 Å². The predicted octanol–water partition coefficient (Wildman–Crippen LogP) is 18.0. The van der Waals surface area contributed by atoms with Gasteiger partial charge in [-0.05, 0) is 143 Å². The Labute approximate surface area is 388 Å². The molecule has 0 saturated heterocycles. The van der Waals surface area contributed by atoms with Crippen LogP contribution in [0.3, 0.4) is 0 Å². The summed E-state index contributed by atoms with van der Waals surface area (Å²) >= 11 is 3.67. The van der Waals surface area contributed by atoms with Gasteiger partial charge in [-0.2, -0.15) is 0 Å². The van der Waals surface area contributed by atoms with E-state index in [0.29, 0.717) is 0 Å². The lowest BCUT2D eigenvalue weighted by Gasteiger charge is -2.33. The lowest BCUT2D eigenvalue weighted by Crippen LogP contribution is -2.14. The second-order valence-corrected chi connectivity index (χ2v) is 18.4. The van der Waals surface area contributed by atoms with Crippen LogP contribution < -0.4 is 14.7 Å². The van der Waals surface area contributed by atoms with Crippen molar-refractivity contribution in [1.82, 2.24) is 0 Å². The van der Waals surface area contributed by atoms with E-state index in [-0.39, 0.29) is 0 Å². The minimum absolute atomic E-state index is 1.09. The molecule has 0 bridgehead atoms. The predicted molar refractivity (Wildman–Crippen MR) is 275 cm³/mol. The zero-order valence-corrected chi connectivity index (χ0v) is 37.0. The molecule has 0 amide bonds. The van der Waals surface area contributed by atoms with Crippen LogP contribution in [0.2, 0.25) is 0 Å². The van der Waals surface area contributed by atoms with Crippen LogP contribution in [0.5, 0.6) is 0 Å². The van der Waals surface area contributed by atoms with Crippen molar-refractivity contribution in [3.8, 4) is 33.4 Å². The van der Waals surface area contributed by atoms with Crippen molar-refractivity contribution in [2.45, 2.75) is 19.6 Å². The second-order valence-electron chi connectivity index (χ2n) is 16.2. The highest BCUT2D eigenvalue weighted by atomic mass is 32.2. The summed E-state index contributed by atoms with van der Waals surface area (Å²) in [6.45, 7) is 0. The molecule has 2 aliphatic rings. The van der Waals surface area contributed by atoms with Crippen LogP contribution >= 0.6 is 23.5 Å². The van der Waals surface area contributed by atoms with Crippen LogP contribution in [0.15, 0.2) is 268 Å². The molecule has 0 fully saturated rings. The molecular formula is C60H41N3S2. The SMILES string of the molecule is c1ccc(-c2ccc(N(c3ccc(-c4cccc(N5c6ccccc6Sc6ccccc65)c4)cc3)c3ccc(-c4cccc(N5c6ccccc6Sc6ccccc65)c4)cc3)cc2)cc1. The molecule has 12 rings (SSSR count). The first-order valence-electron chi connectivity index (χ1n) is 21.9. The van der Waals surface area contributed by atoms with Crippen molar-refractivity contribution >= 4 is 74.7 Å². The van der Waals surface area contributed by atoms with Gasteiger partial charge in [0.05, 0.1) is 22.7 Å². The van der Waals surface area contributed by atoms with Crippen LogP contribution in [0, 0.1) is 0 Å². The number of anilines is 9. The van der Waals surface area contributed by atoms with E-state index < -0.39 is 0 Å². The van der Waals surface area contributed by atoms with Gasteiger partial charge in [0, 0.05) is 48.0 Å². The fourth-order valence-electron chi connectivity index (χ4n) is 9.10. The monoisotopic (exact) mass is 867 g/mol. The highest BCUT2D eigenvalue weighted by Gasteiger charge is 2.26. The van der Waals surface area contributed by atoms with Crippen LogP contribution in [-0.2, 0) is 0 Å².